The first-order chi connectivity index (χ1) is 13.0. The maximum atomic E-state index is 13.0. The molecule has 0 aromatic carbocycles. The van der Waals surface area contributed by atoms with Gasteiger partial charge in [0.05, 0.1) is 12.0 Å². The molecule has 4 rings (SSSR count). The quantitative estimate of drug-likeness (QED) is 0.678. The molecular formula is C18H19N5O3S. The largest absolute Gasteiger partial charge is 0.462 e. The van der Waals surface area contributed by atoms with Crippen LogP contribution in [0, 0.1) is 6.92 Å². The van der Waals surface area contributed by atoms with E-state index in [-0.39, 0.29) is 23.6 Å². The van der Waals surface area contributed by atoms with Crippen LogP contribution in [0.15, 0.2) is 28.6 Å². The average Bonchev–Trinajstić information content (AvgIpc) is 3.13. The Morgan fingerprint density at radius 2 is 2.22 bits per heavy atom. The van der Waals surface area contributed by atoms with Crippen molar-refractivity contribution in [2.45, 2.75) is 19.9 Å². The third kappa shape index (κ3) is 2.98. The zero-order valence-electron chi connectivity index (χ0n) is 15.0. The molecule has 8 nitrogen and oxygen atoms in total. The Balaban J connectivity index is 1.99. The molecule has 1 aliphatic rings. The summed E-state index contributed by atoms with van der Waals surface area (Å²) in [5.74, 6) is 0.113. The number of rotatable bonds is 4. The van der Waals surface area contributed by atoms with Crippen LogP contribution in [0.1, 0.15) is 22.8 Å². The van der Waals surface area contributed by atoms with Crippen LogP contribution >= 0.6 is 11.3 Å². The number of anilines is 1. The summed E-state index contributed by atoms with van der Waals surface area (Å²) < 4.78 is 6.74. The normalized spacial score (nSPS) is 14.4. The Kier molecular flexibility index (Phi) is 4.40. The van der Waals surface area contributed by atoms with E-state index in [4.69, 9.17) is 15.5 Å². The first-order valence-electron chi connectivity index (χ1n) is 8.64. The van der Waals surface area contributed by atoms with E-state index < -0.39 is 5.97 Å². The van der Waals surface area contributed by atoms with Gasteiger partial charge in [-0.2, -0.15) is 0 Å². The maximum Gasteiger partial charge on any atom is 0.343 e. The first kappa shape index (κ1) is 17.6. The summed E-state index contributed by atoms with van der Waals surface area (Å²) in [5.41, 5.74) is 6.70. The number of thiazole rings is 1. The second kappa shape index (κ2) is 6.75. The fourth-order valence-electron chi connectivity index (χ4n) is 3.17. The van der Waals surface area contributed by atoms with Gasteiger partial charge in [0.25, 0.3) is 0 Å². The molecule has 0 bridgehead atoms. The molecule has 0 amide bonds. The summed E-state index contributed by atoms with van der Waals surface area (Å²) in [4.78, 5) is 36.4. The monoisotopic (exact) mass is 385 g/mol. The van der Waals surface area contributed by atoms with Gasteiger partial charge in [0.1, 0.15) is 11.4 Å². The second-order valence-electron chi connectivity index (χ2n) is 6.44. The number of nitrogens with zero attached hydrogens (tertiary/aromatic N) is 4. The molecule has 0 saturated carbocycles. The molecule has 1 fully saturated rings. The number of ether oxygens (including phenoxy) is 1. The van der Waals surface area contributed by atoms with E-state index in [0.29, 0.717) is 16.2 Å². The number of pyridine rings is 2. The molecule has 0 spiro atoms. The summed E-state index contributed by atoms with van der Waals surface area (Å²) in [6, 6.07) is 1.99. The maximum absolute atomic E-state index is 13.0. The number of hydrogen-bond donors (Lipinski definition) is 1. The molecule has 3 aromatic rings. The van der Waals surface area contributed by atoms with E-state index in [2.05, 4.69) is 9.88 Å². The molecule has 0 aliphatic carbocycles. The van der Waals surface area contributed by atoms with Crippen LogP contribution in [0.25, 0.3) is 16.2 Å². The van der Waals surface area contributed by atoms with E-state index >= 15 is 0 Å². The summed E-state index contributed by atoms with van der Waals surface area (Å²) in [6.07, 6.45) is 3.14. The molecule has 2 N–H and O–H groups in total. The van der Waals surface area contributed by atoms with Crippen LogP contribution in [0.3, 0.4) is 0 Å². The van der Waals surface area contributed by atoms with Gasteiger partial charge in [0.2, 0.25) is 5.43 Å². The van der Waals surface area contributed by atoms with Crippen LogP contribution in [0.4, 0.5) is 5.82 Å². The Morgan fingerprint density at radius 1 is 1.44 bits per heavy atom. The Morgan fingerprint density at radius 3 is 2.85 bits per heavy atom. The Labute approximate surface area is 159 Å². The van der Waals surface area contributed by atoms with Gasteiger partial charge < -0.3 is 15.4 Å². The minimum absolute atomic E-state index is 0.0248. The highest BCUT2D eigenvalue weighted by Gasteiger charge is 2.26. The molecule has 1 aliphatic heterocycles. The highest BCUT2D eigenvalue weighted by atomic mass is 32.1. The first-order valence-corrected chi connectivity index (χ1v) is 9.52. The van der Waals surface area contributed by atoms with Gasteiger partial charge in [-0.3, -0.25) is 9.36 Å². The van der Waals surface area contributed by atoms with E-state index in [1.807, 2.05) is 18.4 Å². The SMILES string of the molecule is CCOC(=O)c1cn(-c2nccs2)c2nc(N3CC(N)C3)cc(C)c2c1=O. The second-order valence-corrected chi connectivity index (χ2v) is 7.31. The van der Waals surface area contributed by atoms with Gasteiger partial charge in [-0.25, -0.2) is 14.8 Å². The number of nitrogens with two attached hydrogens (primary N) is 1. The summed E-state index contributed by atoms with van der Waals surface area (Å²) in [7, 11) is 0. The standard InChI is InChI=1S/C18H19N5O3S/c1-3-26-17(25)12-9-23(18-20-4-5-27-18)16-14(15(12)24)10(2)6-13(21-16)22-7-11(19)8-22/h4-6,9,11H,3,7-8,19H2,1-2H3. The van der Waals surface area contributed by atoms with Gasteiger partial charge in [-0.1, -0.05) is 0 Å². The zero-order chi connectivity index (χ0) is 19.1. The van der Waals surface area contributed by atoms with Gasteiger partial charge in [-0.05, 0) is 25.5 Å². The molecule has 3 aromatic heterocycles. The zero-order valence-corrected chi connectivity index (χ0v) is 15.8. The Bertz CT molecular complexity index is 1070. The summed E-state index contributed by atoms with van der Waals surface area (Å²) in [6.45, 7) is 5.19. The van der Waals surface area contributed by atoms with Crippen molar-refractivity contribution in [1.82, 2.24) is 14.5 Å². The summed E-state index contributed by atoms with van der Waals surface area (Å²) in [5, 5.41) is 2.84. The predicted molar refractivity (Wildman–Crippen MR) is 104 cm³/mol. The van der Waals surface area contributed by atoms with E-state index in [0.717, 1.165) is 24.5 Å². The number of aryl methyl sites for hydroxylation is 1. The lowest BCUT2D eigenvalue weighted by Crippen LogP contribution is -2.56. The molecular weight excluding hydrogens is 366 g/mol. The van der Waals surface area contributed by atoms with Crippen LogP contribution in [0.5, 0.6) is 0 Å². The lowest BCUT2D eigenvalue weighted by molar-refractivity contribution is 0.0524. The van der Waals surface area contributed by atoms with Crippen molar-refractivity contribution in [3.63, 3.8) is 0 Å². The Hall–Kier alpha value is -2.78. The lowest BCUT2D eigenvalue weighted by Gasteiger charge is -2.38. The molecule has 0 radical (unpaired) electrons. The number of fused-ring (bicyclic) bond motifs is 1. The molecule has 140 valence electrons. The highest BCUT2D eigenvalue weighted by Crippen LogP contribution is 2.26. The van der Waals surface area contributed by atoms with E-state index in [9.17, 15) is 9.59 Å². The number of carbonyl (C=O) groups is 1. The van der Waals surface area contributed by atoms with Gasteiger partial charge in [0, 0.05) is 36.9 Å². The van der Waals surface area contributed by atoms with Crippen LogP contribution in [-0.2, 0) is 4.74 Å². The lowest BCUT2D eigenvalue weighted by atomic mass is 10.1. The number of aromatic nitrogens is 3. The predicted octanol–water partition coefficient (Wildman–Crippen LogP) is 1.47. The fourth-order valence-corrected chi connectivity index (χ4v) is 3.79. The number of hydrogen-bond acceptors (Lipinski definition) is 8. The third-order valence-electron chi connectivity index (χ3n) is 4.50. The van der Waals surface area contributed by atoms with Crippen molar-refractivity contribution < 1.29 is 9.53 Å². The van der Waals surface area contributed by atoms with E-state index in [1.54, 1.807) is 17.7 Å². The topological polar surface area (TPSA) is 103 Å². The van der Waals surface area contributed by atoms with Crippen LogP contribution in [-0.4, -0.2) is 46.2 Å². The number of esters is 1. The minimum Gasteiger partial charge on any atom is -0.462 e. The van der Waals surface area contributed by atoms with E-state index in [1.165, 1.54) is 17.5 Å². The smallest absolute Gasteiger partial charge is 0.343 e. The van der Waals surface area contributed by atoms with Gasteiger partial charge in [-0.15, -0.1) is 11.3 Å². The van der Waals surface area contributed by atoms with Crippen molar-refractivity contribution in [3.05, 3.63) is 45.2 Å². The van der Waals surface area contributed by atoms with Crippen molar-refractivity contribution in [2.24, 2.45) is 5.73 Å². The van der Waals surface area contributed by atoms with Crippen LogP contribution in [0.2, 0.25) is 0 Å². The average molecular weight is 385 g/mol. The molecule has 0 unspecified atom stereocenters. The number of carbonyl (C=O) groups excluding carboxylic acids is 1. The van der Waals surface area contributed by atoms with Crippen molar-refractivity contribution in [2.75, 3.05) is 24.6 Å². The minimum atomic E-state index is -0.646. The molecule has 4 heterocycles. The van der Waals surface area contributed by atoms with Crippen molar-refractivity contribution >= 4 is 34.2 Å². The van der Waals surface area contributed by atoms with Gasteiger partial charge in [0.15, 0.2) is 10.8 Å². The van der Waals surface area contributed by atoms with Crippen molar-refractivity contribution in [1.29, 1.82) is 0 Å². The summed E-state index contributed by atoms with van der Waals surface area (Å²) >= 11 is 1.39. The van der Waals surface area contributed by atoms with Crippen LogP contribution < -0.4 is 16.1 Å². The molecule has 27 heavy (non-hydrogen) atoms. The highest BCUT2D eigenvalue weighted by molar-refractivity contribution is 7.12. The third-order valence-corrected chi connectivity index (χ3v) is 5.27. The molecule has 1 saturated heterocycles. The molecule has 0 atom stereocenters. The fraction of sp³-hybridized carbons (Fsp3) is 0.333. The van der Waals surface area contributed by atoms with Gasteiger partial charge >= 0.3 is 5.97 Å². The molecule has 9 heteroatoms. The van der Waals surface area contributed by atoms with Crippen molar-refractivity contribution in [3.8, 4) is 5.13 Å².